The van der Waals surface area contributed by atoms with Gasteiger partial charge in [-0.05, 0) is 93.5 Å². The maximum Gasteiger partial charge on any atom is 0.205 e. The van der Waals surface area contributed by atoms with Crippen LogP contribution in [0.5, 0.6) is 5.75 Å². The molecule has 1 aliphatic carbocycles. The first kappa shape index (κ1) is 46.7. The maximum absolute atomic E-state index is 14.6. The van der Waals surface area contributed by atoms with Crippen molar-refractivity contribution in [2.24, 2.45) is 0 Å². The summed E-state index contributed by atoms with van der Waals surface area (Å²) in [5.74, 6) is 0.239. The van der Waals surface area contributed by atoms with Crippen LogP contribution in [0.25, 0.3) is 77.5 Å². The average Bonchev–Trinajstić information content (AvgIpc) is 3.51. The van der Waals surface area contributed by atoms with Crippen molar-refractivity contribution in [3.8, 4) is 50.5 Å². The molecule has 3 heterocycles. The van der Waals surface area contributed by atoms with Gasteiger partial charge >= 0.3 is 0 Å². The lowest BCUT2D eigenvalue weighted by Gasteiger charge is -2.22. The van der Waals surface area contributed by atoms with Gasteiger partial charge in [0.1, 0.15) is 17.1 Å². The zero-order chi connectivity index (χ0) is 50.8. The molecule has 0 saturated heterocycles. The van der Waals surface area contributed by atoms with E-state index in [-0.39, 0.29) is 35.2 Å². The first-order valence-electron chi connectivity index (χ1n) is 24.9. The van der Waals surface area contributed by atoms with Gasteiger partial charge in [-0.3, -0.25) is 19.6 Å². The van der Waals surface area contributed by atoms with E-state index in [9.17, 15) is 14.7 Å². The van der Waals surface area contributed by atoms with Crippen molar-refractivity contribution in [2.75, 3.05) is 10.6 Å². The number of pyridine rings is 2. The van der Waals surface area contributed by atoms with Crippen molar-refractivity contribution in [3.63, 3.8) is 0 Å². The molecule has 3 N–H and O–H groups in total. The van der Waals surface area contributed by atoms with Gasteiger partial charge in [0.15, 0.2) is 6.29 Å². The van der Waals surface area contributed by atoms with E-state index in [1.165, 1.54) is 0 Å². The van der Waals surface area contributed by atoms with Gasteiger partial charge in [0, 0.05) is 70.2 Å². The van der Waals surface area contributed by atoms with E-state index >= 15 is 0 Å². The molecule has 1 aliphatic heterocycles. The van der Waals surface area contributed by atoms with Crippen LogP contribution in [-0.2, 0) is 25.9 Å². The molecule has 75 heavy (non-hydrogen) atoms. The predicted molar refractivity (Wildman–Crippen MR) is 304 cm³/mol. The van der Waals surface area contributed by atoms with E-state index in [2.05, 4.69) is 108 Å². The number of carbonyl (C=O) groups is 1. The Bertz CT molecular complexity index is 4130. The van der Waals surface area contributed by atoms with Gasteiger partial charge in [-0.15, -0.1) is 0 Å². The first-order valence-corrected chi connectivity index (χ1v) is 25.2. The molecule has 12 rings (SSSR count). The number of hydrogen-bond donors (Lipinski definition) is 3. The number of rotatable bonds is 14. The molecule has 0 unspecified atom stereocenters. The van der Waals surface area contributed by atoms with Crippen molar-refractivity contribution >= 4 is 62.0 Å². The summed E-state index contributed by atoms with van der Waals surface area (Å²) in [7, 11) is 0. The number of benzene rings is 9. The van der Waals surface area contributed by atoms with Crippen LogP contribution in [-0.4, -0.2) is 21.4 Å². The van der Waals surface area contributed by atoms with Crippen molar-refractivity contribution in [1.82, 2.24) is 9.97 Å². The third-order valence-corrected chi connectivity index (χ3v) is 14.2. The summed E-state index contributed by atoms with van der Waals surface area (Å²) >= 11 is 6.97. The van der Waals surface area contributed by atoms with Gasteiger partial charge in [-0.2, -0.15) is 0 Å². The standard InChI is InChI=1S/C66H47ClN4O4/c67-57-37-54-61(52-24-14-13-23-47(52)40-72)53-29-30-60(73)55(38-68-58-35-48(43-19-9-3-10-20-43)33-45-25-27-50(70-62(45)58)31-41-15-5-1-6-16-41)65(53)75-66(54)56(64(57)74)39-69-59-36-49(44-21-11-4-12-22-44)34-46-26-28-51(71-63(46)59)32-42-17-7-2-8-18-42/h1-30,33-37,40,68-69,73H,31-32,38-39H2. The van der Waals surface area contributed by atoms with Crippen LogP contribution in [0, 0.1) is 0 Å². The Morgan fingerprint density at radius 1 is 0.520 bits per heavy atom. The highest BCUT2D eigenvalue weighted by molar-refractivity contribution is 6.31. The van der Waals surface area contributed by atoms with Gasteiger partial charge < -0.3 is 20.2 Å². The van der Waals surface area contributed by atoms with E-state index in [0.29, 0.717) is 57.3 Å². The fourth-order valence-electron chi connectivity index (χ4n) is 10.2. The zero-order valence-corrected chi connectivity index (χ0v) is 41.3. The minimum atomic E-state index is -0.419. The van der Waals surface area contributed by atoms with Crippen molar-refractivity contribution < 1.29 is 14.3 Å². The van der Waals surface area contributed by atoms with Crippen molar-refractivity contribution in [2.45, 2.75) is 25.9 Å². The Labute approximate surface area is 438 Å². The fourth-order valence-corrected chi connectivity index (χ4v) is 10.4. The van der Waals surface area contributed by atoms with E-state index in [1.54, 1.807) is 24.3 Å². The molecule has 0 amide bonds. The van der Waals surface area contributed by atoms with Gasteiger partial charge in [-0.1, -0.05) is 169 Å². The average molecular weight is 996 g/mol. The van der Waals surface area contributed by atoms with Crippen LogP contribution in [0.2, 0.25) is 5.02 Å². The monoisotopic (exact) mass is 994 g/mol. The number of aldehydes is 1. The molecule has 362 valence electrons. The number of nitrogens with zero attached hydrogens (tertiary/aromatic N) is 2. The highest BCUT2D eigenvalue weighted by Gasteiger charge is 2.27. The number of phenols is 1. The Morgan fingerprint density at radius 2 is 1.03 bits per heavy atom. The number of anilines is 2. The molecule has 0 radical (unpaired) electrons. The Kier molecular flexibility index (Phi) is 12.6. The number of fused-ring (bicyclic) bond motifs is 4. The van der Waals surface area contributed by atoms with E-state index in [0.717, 1.165) is 78.5 Å². The number of aromatic nitrogens is 2. The summed E-state index contributed by atoms with van der Waals surface area (Å²) in [6.45, 7) is 0.102. The first-order chi connectivity index (χ1) is 36.8. The SMILES string of the molecule is O=Cc1ccccc1-c1c2cc(Cl)c(=O)c(CNc3cc(-c4ccccc4)cc4ccc(Cc5ccccc5)nc34)c-2oc2c(CNc3cc(-c4ccccc4)cc4ccc(Cc5ccccc5)nc34)c(O)ccc12. The molecule has 8 nitrogen and oxygen atoms in total. The third kappa shape index (κ3) is 9.35. The maximum atomic E-state index is 14.6. The van der Waals surface area contributed by atoms with E-state index < -0.39 is 5.43 Å². The summed E-state index contributed by atoms with van der Waals surface area (Å²) in [5, 5.41) is 21.7. The molecule has 0 fully saturated rings. The molecule has 8 aromatic carbocycles. The second-order valence-corrected chi connectivity index (χ2v) is 19.1. The molecule has 0 spiro atoms. The summed E-state index contributed by atoms with van der Waals surface area (Å²) in [4.78, 5) is 37.9. The van der Waals surface area contributed by atoms with Crippen LogP contribution in [0.1, 0.15) is 44.0 Å². The van der Waals surface area contributed by atoms with Crippen LogP contribution in [0.15, 0.2) is 222 Å². The molecule has 0 bridgehead atoms. The number of halogens is 1. The van der Waals surface area contributed by atoms with Gasteiger partial charge in [0.05, 0.1) is 38.6 Å². The summed E-state index contributed by atoms with van der Waals surface area (Å²) in [6, 6.07) is 69.9. The lowest BCUT2D eigenvalue weighted by Crippen LogP contribution is -2.17. The van der Waals surface area contributed by atoms with Crippen LogP contribution < -0.4 is 16.1 Å². The van der Waals surface area contributed by atoms with Crippen molar-refractivity contribution in [1.29, 1.82) is 0 Å². The van der Waals surface area contributed by atoms with Gasteiger partial charge in [0.2, 0.25) is 5.43 Å². The Hall–Kier alpha value is -9.37. The zero-order valence-electron chi connectivity index (χ0n) is 40.6. The second kappa shape index (κ2) is 20.3. The largest absolute Gasteiger partial charge is 0.507 e. The van der Waals surface area contributed by atoms with Crippen LogP contribution >= 0.6 is 11.6 Å². The molecule has 2 aromatic heterocycles. The van der Waals surface area contributed by atoms with Gasteiger partial charge in [0.25, 0.3) is 0 Å². The van der Waals surface area contributed by atoms with Crippen molar-refractivity contribution in [3.05, 3.63) is 267 Å². The quantitative estimate of drug-likeness (QED) is 0.0728. The molecular formula is C66H47ClN4O4. The topological polar surface area (TPSA) is 117 Å². The minimum absolute atomic E-state index is 0.000740. The highest BCUT2D eigenvalue weighted by Crippen LogP contribution is 2.46. The number of carbonyl (C=O) groups excluding carboxylic acids is 1. The second-order valence-electron chi connectivity index (χ2n) is 18.7. The Balaban J connectivity index is 1.01. The van der Waals surface area contributed by atoms with Crippen LogP contribution in [0.3, 0.4) is 0 Å². The van der Waals surface area contributed by atoms with Gasteiger partial charge in [-0.25, -0.2) is 0 Å². The number of hydrogen-bond acceptors (Lipinski definition) is 8. The predicted octanol–water partition coefficient (Wildman–Crippen LogP) is 15.6. The number of aromatic hydroxyl groups is 1. The summed E-state index contributed by atoms with van der Waals surface area (Å²) in [6.07, 6.45) is 2.11. The third-order valence-electron chi connectivity index (χ3n) is 13.9. The lowest BCUT2D eigenvalue weighted by molar-refractivity contribution is 0.112. The summed E-state index contributed by atoms with van der Waals surface area (Å²) in [5.41, 5.74) is 14.0. The molecule has 10 aromatic rings. The van der Waals surface area contributed by atoms with E-state index in [4.69, 9.17) is 26.0 Å². The number of nitrogens with one attached hydrogen (secondary N) is 2. The lowest BCUT2D eigenvalue weighted by atomic mass is 9.88. The summed E-state index contributed by atoms with van der Waals surface area (Å²) < 4.78 is 7.05. The molecule has 0 saturated carbocycles. The molecule has 0 atom stereocenters. The highest BCUT2D eigenvalue weighted by atomic mass is 35.5. The minimum Gasteiger partial charge on any atom is -0.507 e. The molecular weight excluding hydrogens is 948 g/mol. The van der Waals surface area contributed by atoms with E-state index in [1.807, 2.05) is 91.0 Å². The molecule has 2 aliphatic rings. The number of phenolic OH excluding ortho intramolecular Hbond substituents is 1. The Morgan fingerprint density at radius 3 is 1.57 bits per heavy atom. The fraction of sp³-hybridized carbons (Fsp3) is 0.0606. The smallest absolute Gasteiger partial charge is 0.205 e. The normalized spacial score (nSPS) is 11.4. The molecule has 9 heteroatoms. The van der Waals surface area contributed by atoms with Crippen LogP contribution in [0.4, 0.5) is 11.4 Å².